The lowest BCUT2D eigenvalue weighted by Crippen LogP contribution is -2.31. The number of nitrogens with one attached hydrogen (secondary N) is 1. The Balaban J connectivity index is 2.31. The minimum absolute atomic E-state index is 0.133. The van der Waals surface area contributed by atoms with Gasteiger partial charge in [0.05, 0.1) is 33.3 Å². The Bertz CT molecular complexity index is 568. The molecule has 0 amide bonds. The maximum atomic E-state index is 6.01. The van der Waals surface area contributed by atoms with Gasteiger partial charge in [-0.2, -0.15) is 5.10 Å². The molecule has 5 nitrogen and oxygen atoms in total. The second kappa shape index (κ2) is 7.02. The van der Waals surface area contributed by atoms with Crippen molar-refractivity contribution >= 4 is 38.9 Å². The summed E-state index contributed by atoms with van der Waals surface area (Å²) in [4.78, 5) is 3.18. The van der Waals surface area contributed by atoms with Gasteiger partial charge >= 0.3 is 0 Å². The number of hydrazine groups is 1. The topological polar surface area (TPSA) is 59.1 Å². The van der Waals surface area contributed by atoms with Gasteiger partial charge in [-0.25, -0.2) is 5.43 Å². The van der Waals surface area contributed by atoms with Crippen LogP contribution in [0.3, 0.4) is 0 Å². The quantitative estimate of drug-likeness (QED) is 0.599. The highest BCUT2D eigenvalue weighted by Gasteiger charge is 2.22. The van der Waals surface area contributed by atoms with Crippen LogP contribution in [0.1, 0.15) is 16.6 Å². The Labute approximate surface area is 135 Å². The Kier molecular flexibility index (Phi) is 5.59. The number of nitrogens with zero attached hydrogens (tertiary/aromatic N) is 3. The van der Waals surface area contributed by atoms with Crippen LogP contribution in [0, 0.1) is 0 Å². The third kappa shape index (κ3) is 3.60. The predicted molar refractivity (Wildman–Crippen MR) is 87.0 cm³/mol. The molecule has 0 aliphatic heterocycles. The van der Waals surface area contributed by atoms with Gasteiger partial charge in [-0.15, -0.1) is 11.3 Å². The molecule has 3 N–H and O–H groups in total. The van der Waals surface area contributed by atoms with Gasteiger partial charge in [0.2, 0.25) is 0 Å². The van der Waals surface area contributed by atoms with Crippen LogP contribution in [-0.2, 0) is 6.54 Å². The summed E-state index contributed by atoms with van der Waals surface area (Å²) in [5, 5.41) is 4.41. The van der Waals surface area contributed by atoms with Crippen molar-refractivity contribution in [2.24, 2.45) is 5.84 Å². The molecule has 2 heterocycles. The lowest BCUT2D eigenvalue weighted by Gasteiger charge is -2.18. The molecule has 2 rings (SSSR count). The maximum Gasteiger partial charge on any atom is 0.0982 e. The molecule has 20 heavy (non-hydrogen) atoms. The van der Waals surface area contributed by atoms with Crippen molar-refractivity contribution in [3.63, 3.8) is 0 Å². The van der Waals surface area contributed by atoms with Crippen molar-refractivity contribution in [1.29, 1.82) is 0 Å². The third-order valence-electron chi connectivity index (χ3n) is 2.91. The van der Waals surface area contributed by atoms with Gasteiger partial charge in [0.15, 0.2) is 0 Å². The zero-order chi connectivity index (χ0) is 14.7. The SMILES string of the molecule is CN(C)CCn1ncc(Br)c1C(NN)c1ccc(Cl)s1. The van der Waals surface area contributed by atoms with Crippen LogP contribution in [0.4, 0.5) is 0 Å². The van der Waals surface area contributed by atoms with Crippen molar-refractivity contribution < 1.29 is 0 Å². The summed E-state index contributed by atoms with van der Waals surface area (Å²) >= 11 is 11.1. The second-order valence-corrected chi connectivity index (χ2v) is 7.25. The lowest BCUT2D eigenvalue weighted by atomic mass is 10.2. The zero-order valence-electron chi connectivity index (χ0n) is 11.3. The number of nitrogens with two attached hydrogens (primary N) is 1. The number of aromatic nitrogens is 2. The average molecular weight is 379 g/mol. The highest BCUT2D eigenvalue weighted by Crippen LogP contribution is 2.33. The number of hydrogen-bond donors (Lipinski definition) is 2. The van der Waals surface area contributed by atoms with E-state index < -0.39 is 0 Å². The van der Waals surface area contributed by atoms with Crippen molar-refractivity contribution in [3.8, 4) is 0 Å². The number of halogens is 2. The van der Waals surface area contributed by atoms with Crippen molar-refractivity contribution in [2.75, 3.05) is 20.6 Å². The smallest absolute Gasteiger partial charge is 0.0982 e. The molecule has 8 heteroatoms. The molecule has 1 unspecified atom stereocenters. The molecule has 0 aromatic carbocycles. The standard InChI is InChI=1S/C12H17BrClN5S/c1-18(2)5-6-19-12(8(13)7-16-19)11(17-15)9-3-4-10(14)20-9/h3-4,7,11,17H,5-6,15H2,1-2H3. The first-order valence-corrected chi connectivity index (χ1v) is 8.09. The highest BCUT2D eigenvalue weighted by atomic mass is 79.9. The van der Waals surface area contributed by atoms with Crippen LogP contribution in [0.5, 0.6) is 0 Å². The molecule has 0 aliphatic carbocycles. The number of rotatable bonds is 6. The fourth-order valence-corrected chi connectivity index (χ4v) is 3.56. The summed E-state index contributed by atoms with van der Waals surface area (Å²) in [6.07, 6.45) is 1.80. The molecule has 0 saturated heterocycles. The second-order valence-electron chi connectivity index (χ2n) is 4.65. The molecule has 2 aromatic heterocycles. The molecular formula is C12H17BrClN5S. The minimum atomic E-state index is -0.133. The summed E-state index contributed by atoms with van der Waals surface area (Å²) < 4.78 is 3.64. The fraction of sp³-hybridized carbons (Fsp3) is 0.417. The summed E-state index contributed by atoms with van der Waals surface area (Å²) in [5.74, 6) is 5.74. The number of hydrogen-bond acceptors (Lipinski definition) is 5. The number of likely N-dealkylation sites (N-methyl/N-ethyl adjacent to an activating group) is 1. The van der Waals surface area contributed by atoms with Gasteiger partial charge in [0.25, 0.3) is 0 Å². The van der Waals surface area contributed by atoms with Crippen LogP contribution >= 0.6 is 38.9 Å². The molecule has 0 radical (unpaired) electrons. The van der Waals surface area contributed by atoms with E-state index in [0.717, 1.165) is 32.5 Å². The Hall–Kier alpha value is -0.440. The normalized spacial score (nSPS) is 13.1. The van der Waals surface area contributed by atoms with Gasteiger partial charge in [-0.05, 0) is 42.2 Å². The summed E-state index contributed by atoms with van der Waals surface area (Å²) in [5.41, 5.74) is 3.86. The molecule has 1 atom stereocenters. The summed E-state index contributed by atoms with van der Waals surface area (Å²) in [7, 11) is 4.08. The first kappa shape index (κ1) is 15.9. The Morgan fingerprint density at radius 3 is 2.85 bits per heavy atom. The molecule has 0 aliphatic rings. The van der Waals surface area contributed by atoms with E-state index in [0.29, 0.717) is 0 Å². The minimum Gasteiger partial charge on any atom is -0.308 e. The Morgan fingerprint density at radius 1 is 1.55 bits per heavy atom. The predicted octanol–water partition coefficient (Wildman–Crippen LogP) is 2.47. The van der Waals surface area contributed by atoms with E-state index >= 15 is 0 Å². The number of thiophene rings is 1. The van der Waals surface area contributed by atoms with E-state index in [-0.39, 0.29) is 6.04 Å². The van der Waals surface area contributed by atoms with Crippen LogP contribution in [0.2, 0.25) is 4.34 Å². The van der Waals surface area contributed by atoms with E-state index in [9.17, 15) is 0 Å². The van der Waals surface area contributed by atoms with Gasteiger partial charge in [0.1, 0.15) is 0 Å². The molecule has 0 saturated carbocycles. The molecule has 0 spiro atoms. The third-order valence-corrected chi connectivity index (χ3v) is 4.82. The van der Waals surface area contributed by atoms with E-state index in [1.54, 1.807) is 6.20 Å². The van der Waals surface area contributed by atoms with Crippen LogP contribution < -0.4 is 11.3 Å². The van der Waals surface area contributed by atoms with Crippen molar-refractivity contribution in [2.45, 2.75) is 12.6 Å². The van der Waals surface area contributed by atoms with Crippen molar-refractivity contribution in [3.05, 3.63) is 37.7 Å². The van der Waals surface area contributed by atoms with E-state index in [2.05, 4.69) is 31.4 Å². The summed E-state index contributed by atoms with van der Waals surface area (Å²) in [6.45, 7) is 1.70. The molecule has 110 valence electrons. The van der Waals surface area contributed by atoms with Crippen LogP contribution in [0.15, 0.2) is 22.8 Å². The zero-order valence-corrected chi connectivity index (χ0v) is 14.5. The average Bonchev–Trinajstić information content (AvgIpc) is 2.97. The first-order valence-electron chi connectivity index (χ1n) is 6.10. The maximum absolute atomic E-state index is 6.01. The molecule has 0 fully saturated rings. The van der Waals surface area contributed by atoms with Crippen LogP contribution in [-0.4, -0.2) is 35.3 Å². The van der Waals surface area contributed by atoms with Gasteiger partial charge in [-0.1, -0.05) is 11.6 Å². The van der Waals surface area contributed by atoms with Gasteiger partial charge < -0.3 is 4.90 Å². The molecule has 2 aromatic rings. The van der Waals surface area contributed by atoms with E-state index in [4.69, 9.17) is 17.4 Å². The molecular weight excluding hydrogens is 362 g/mol. The summed E-state index contributed by atoms with van der Waals surface area (Å²) in [6, 6.07) is 3.72. The van der Waals surface area contributed by atoms with E-state index in [1.165, 1.54) is 11.3 Å². The fourth-order valence-electron chi connectivity index (χ4n) is 1.91. The molecule has 0 bridgehead atoms. The van der Waals surface area contributed by atoms with Crippen molar-refractivity contribution in [1.82, 2.24) is 20.1 Å². The lowest BCUT2D eigenvalue weighted by molar-refractivity contribution is 0.365. The van der Waals surface area contributed by atoms with E-state index in [1.807, 2.05) is 30.9 Å². The van der Waals surface area contributed by atoms with Crippen LogP contribution in [0.25, 0.3) is 0 Å². The van der Waals surface area contributed by atoms with Gasteiger partial charge in [-0.3, -0.25) is 10.5 Å². The Morgan fingerprint density at radius 2 is 2.30 bits per heavy atom. The first-order chi connectivity index (χ1) is 9.52. The highest BCUT2D eigenvalue weighted by molar-refractivity contribution is 9.10. The van der Waals surface area contributed by atoms with Gasteiger partial charge in [0, 0.05) is 11.4 Å². The largest absolute Gasteiger partial charge is 0.308 e. The monoisotopic (exact) mass is 377 g/mol.